The molecular weight excluding hydrogens is 220 g/mol. The Labute approximate surface area is 101 Å². The monoisotopic (exact) mass is 236 g/mol. The minimum atomic E-state index is -0.506. The predicted octanol–water partition coefficient (Wildman–Crippen LogP) is 2.46. The summed E-state index contributed by atoms with van der Waals surface area (Å²) >= 11 is 0. The molecular formula is C13H16O4. The third kappa shape index (κ3) is 3.06. The molecule has 0 spiro atoms. The number of esters is 1. The van der Waals surface area contributed by atoms with Crippen molar-refractivity contribution >= 4 is 11.8 Å². The Morgan fingerprint density at radius 2 is 1.94 bits per heavy atom. The fourth-order valence-corrected chi connectivity index (χ4v) is 1.52. The largest absolute Gasteiger partial charge is 0.496 e. The van der Waals surface area contributed by atoms with Crippen LogP contribution in [0.3, 0.4) is 0 Å². The van der Waals surface area contributed by atoms with Gasteiger partial charge in [-0.25, -0.2) is 4.79 Å². The molecule has 4 heteroatoms. The average Bonchev–Trinajstić information content (AvgIpc) is 2.37. The third-order valence-electron chi connectivity index (χ3n) is 2.40. The van der Waals surface area contributed by atoms with Gasteiger partial charge in [-0.05, 0) is 24.6 Å². The number of ether oxygens (including phenoxy) is 2. The van der Waals surface area contributed by atoms with E-state index in [0.29, 0.717) is 17.7 Å². The summed E-state index contributed by atoms with van der Waals surface area (Å²) in [4.78, 5) is 23.2. The molecule has 0 bridgehead atoms. The molecule has 0 fully saturated rings. The van der Waals surface area contributed by atoms with Crippen molar-refractivity contribution in [2.24, 2.45) is 0 Å². The zero-order valence-corrected chi connectivity index (χ0v) is 10.3. The summed E-state index contributed by atoms with van der Waals surface area (Å²) < 4.78 is 9.69. The quantitative estimate of drug-likeness (QED) is 0.582. The summed E-state index contributed by atoms with van der Waals surface area (Å²) in [6, 6.07) is 4.78. The third-order valence-corrected chi connectivity index (χ3v) is 2.40. The van der Waals surface area contributed by atoms with Gasteiger partial charge in [0.2, 0.25) is 0 Å². The fourth-order valence-electron chi connectivity index (χ4n) is 1.52. The van der Waals surface area contributed by atoms with Crippen LogP contribution in [0.15, 0.2) is 18.2 Å². The highest BCUT2D eigenvalue weighted by atomic mass is 16.5. The van der Waals surface area contributed by atoms with E-state index in [1.165, 1.54) is 20.3 Å². The standard InChI is InChI=1S/C13H16O4/c1-4-5-11(14)9-6-7-12(16-2)10(8-9)13(15)17-3/h6-8H,4-5H2,1-3H3. The fraction of sp³-hybridized carbons (Fsp3) is 0.385. The lowest BCUT2D eigenvalue weighted by atomic mass is 10.0. The zero-order chi connectivity index (χ0) is 12.8. The van der Waals surface area contributed by atoms with E-state index in [1.807, 2.05) is 6.92 Å². The molecule has 0 aliphatic heterocycles. The van der Waals surface area contributed by atoms with Gasteiger partial charge in [0.05, 0.1) is 14.2 Å². The van der Waals surface area contributed by atoms with Crippen molar-refractivity contribution in [2.45, 2.75) is 19.8 Å². The van der Waals surface area contributed by atoms with Crippen LogP contribution in [0.1, 0.15) is 40.5 Å². The molecule has 0 unspecified atom stereocenters. The van der Waals surface area contributed by atoms with Crippen molar-refractivity contribution in [3.63, 3.8) is 0 Å². The van der Waals surface area contributed by atoms with E-state index in [-0.39, 0.29) is 11.3 Å². The van der Waals surface area contributed by atoms with Crippen LogP contribution in [0, 0.1) is 0 Å². The molecule has 0 aromatic heterocycles. The van der Waals surface area contributed by atoms with Crippen LogP contribution in [0.5, 0.6) is 5.75 Å². The first-order valence-corrected chi connectivity index (χ1v) is 5.43. The Balaban J connectivity index is 3.13. The van der Waals surface area contributed by atoms with Gasteiger partial charge in [0.1, 0.15) is 11.3 Å². The van der Waals surface area contributed by atoms with Gasteiger partial charge in [-0.1, -0.05) is 6.92 Å². The molecule has 0 aliphatic rings. The van der Waals surface area contributed by atoms with Gasteiger partial charge >= 0.3 is 5.97 Å². The van der Waals surface area contributed by atoms with Gasteiger partial charge in [0.25, 0.3) is 0 Å². The summed E-state index contributed by atoms with van der Waals surface area (Å²) in [7, 11) is 2.76. The van der Waals surface area contributed by atoms with Crippen molar-refractivity contribution in [1.29, 1.82) is 0 Å². The first-order chi connectivity index (χ1) is 8.13. The second-order valence-electron chi connectivity index (χ2n) is 3.58. The second-order valence-corrected chi connectivity index (χ2v) is 3.58. The molecule has 1 rings (SSSR count). The summed E-state index contributed by atoms with van der Waals surface area (Å²) in [5.41, 5.74) is 0.782. The molecule has 0 atom stereocenters. The van der Waals surface area contributed by atoms with Gasteiger partial charge in [0.15, 0.2) is 5.78 Å². The van der Waals surface area contributed by atoms with Crippen LogP contribution < -0.4 is 4.74 Å². The minimum Gasteiger partial charge on any atom is -0.496 e. The second kappa shape index (κ2) is 6.03. The maximum Gasteiger partial charge on any atom is 0.341 e. The van der Waals surface area contributed by atoms with Crippen LogP contribution >= 0.6 is 0 Å². The normalized spacial score (nSPS) is 9.82. The molecule has 0 radical (unpaired) electrons. The van der Waals surface area contributed by atoms with Crippen molar-refractivity contribution in [3.05, 3.63) is 29.3 Å². The van der Waals surface area contributed by atoms with E-state index < -0.39 is 5.97 Å². The first kappa shape index (κ1) is 13.2. The average molecular weight is 236 g/mol. The molecule has 1 aromatic carbocycles. The molecule has 17 heavy (non-hydrogen) atoms. The Morgan fingerprint density at radius 1 is 1.24 bits per heavy atom. The van der Waals surface area contributed by atoms with Crippen LogP contribution in [0.2, 0.25) is 0 Å². The Hall–Kier alpha value is -1.84. The number of benzene rings is 1. The van der Waals surface area contributed by atoms with Crippen LogP contribution in [0.25, 0.3) is 0 Å². The maximum atomic E-state index is 11.7. The van der Waals surface area contributed by atoms with Crippen molar-refractivity contribution < 1.29 is 19.1 Å². The maximum absolute atomic E-state index is 11.7. The summed E-state index contributed by atoms with van der Waals surface area (Å²) in [6.07, 6.45) is 1.24. The highest BCUT2D eigenvalue weighted by Crippen LogP contribution is 2.21. The SMILES string of the molecule is CCCC(=O)c1ccc(OC)c(C(=O)OC)c1. The lowest BCUT2D eigenvalue weighted by molar-refractivity contribution is 0.0597. The Morgan fingerprint density at radius 3 is 2.47 bits per heavy atom. The van der Waals surface area contributed by atoms with E-state index in [0.717, 1.165) is 6.42 Å². The molecule has 0 N–H and O–H groups in total. The highest BCUT2D eigenvalue weighted by Gasteiger charge is 2.15. The zero-order valence-electron chi connectivity index (χ0n) is 10.3. The number of hydrogen-bond donors (Lipinski definition) is 0. The topological polar surface area (TPSA) is 52.6 Å². The minimum absolute atomic E-state index is 0.0142. The van der Waals surface area contributed by atoms with E-state index in [9.17, 15) is 9.59 Å². The lowest BCUT2D eigenvalue weighted by Crippen LogP contribution is -2.07. The number of methoxy groups -OCH3 is 2. The Bertz CT molecular complexity index is 423. The molecule has 0 amide bonds. The van der Waals surface area contributed by atoms with Crippen LogP contribution in [-0.4, -0.2) is 26.0 Å². The molecule has 0 heterocycles. The Kier molecular flexibility index (Phi) is 4.69. The molecule has 0 saturated carbocycles. The van der Waals surface area contributed by atoms with E-state index in [1.54, 1.807) is 12.1 Å². The highest BCUT2D eigenvalue weighted by molar-refractivity contribution is 6.00. The number of hydrogen-bond acceptors (Lipinski definition) is 4. The van der Waals surface area contributed by atoms with Crippen molar-refractivity contribution in [1.82, 2.24) is 0 Å². The van der Waals surface area contributed by atoms with Gasteiger partial charge in [-0.2, -0.15) is 0 Å². The smallest absolute Gasteiger partial charge is 0.341 e. The molecule has 0 aliphatic carbocycles. The van der Waals surface area contributed by atoms with Gasteiger partial charge < -0.3 is 9.47 Å². The number of carbonyl (C=O) groups is 2. The van der Waals surface area contributed by atoms with Gasteiger partial charge in [-0.15, -0.1) is 0 Å². The molecule has 1 aromatic rings. The van der Waals surface area contributed by atoms with Crippen LogP contribution in [0.4, 0.5) is 0 Å². The summed E-state index contributed by atoms with van der Waals surface area (Å²) in [5, 5.41) is 0. The number of ketones is 1. The molecule has 0 saturated heterocycles. The first-order valence-electron chi connectivity index (χ1n) is 5.43. The van der Waals surface area contributed by atoms with E-state index >= 15 is 0 Å². The van der Waals surface area contributed by atoms with Crippen molar-refractivity contribution in [3.8, 4) is 5.75 Å². The van der Waals surface area contributed by atoms with E-state index in [4.69, 9.17) is 4.74 Å². The van der Waals surface area contributed by atoms with Gasteiger partial charge in [0, 0.05) is 12.0 Å². The summed E-state index contributed by atoms with van der Waals surface area (Å²) in [6.45, 7) is 1.93. The van der Waals surface area contributed by atoms with Gasteiger partial charge in [-0.3, -0.25) is 4.79 Å². The number of carbonyl (C=O) groups excluding carboxylic acids is 2. The van der Waals surface area contributed by atoms with E-state index in [2.05, 4.69) is 4.74 Å². The number of Topliss-reactive ketones (excluding diaryl/α,β-unsaturated/α-hetero) is 1. The number of rotatable bonds is 5. The molecule has 92 valence electrons. The predicted molar refractivity (Wildman–Crippen MR) is 63.6 cm³/mol. The molecule has 4 nitrogen and oxygen atoms in total. The van der Waals surface area contributed by atoms with Crippen LogP contribution in [-0.2, 0) is 4.74 Å². The lowest BCUT2D eigenvalue weighted by Gasteiger charge is -2.08. The van der Waals surface area contributed by atoms with Crippen molar-refractivity contribution in [2.75, 3.05) is 14.2 Å². The summed E-state index contributed by atoms with van der Waals surface area (Å²) in [5.74, 6) is -0.0850.